The average Bonchev–Trinajstić information content (AvgIpc) is 3.13. The molecular formula is C27H34N2O6. The molecule has 2 aromatic carbocycles. The Bertz CT molecular complexity index is 1100. The smallest absolute Gasteiger partial charge is 0.291 e. The van der Waals surface area contributed by atoms with Crippen LogP contribution in [0.2, 0.25) is 0 Å². The number of carbonyl (C=O) groups is 3. The van der Waals surface area contributed by atoms with Gasteiger partial charge in [0.25, 0.3) is 5.91 Å². The number of ketones is 2. The number of rotatable bonds is 11. The molecule has 0 bridgehead atoms. The summed E-state index contributed by atoms with van der Waals surface area (Å²) in [5.74, 6) is -1.27. The molecule has 8 heteroatoms. The quantitative estimate of drug-likeness (QED) is 0.276. The second-order valence-electron chi connectivity index (χ2n) is 8.47. The van der Waals surface area contributed by atoms with Gasteiger partial charge in [0.15, 0.2) is 17.3 Å². The van der Waals surface area contributed by atoms with E-state index in [1.165, 1.54) is 19.1 Å². The monoisotopic (exact) mass is 482 g/mol. The summed E-state index contributed by atoms with van der Waals surface area (Å²) in [7, 11) is 4.61. The van der Waals surface area contributed by atoms with Gasteiger partial charge in [-0.2, -0.15) is 0 Å². The van der Waals surface area contributed by atoms with E-state index < -0.39 is 23.7 Å². The third-order valence-corrected chi connectivity index (χ3v) is 6.69. The third kappa shape index (κ3) is 5.17. The van der Waals surface area contributed by atoms with Gasteiger partial charge in [-0.25, -0.2) is 0 Å². The Balaban J connectivity index is 2.09. The van der Waals surface area contributed by atoms with E-state index >= 15 is 0 Å². The van der Waals surface area contributed by atoms with Crippen LogP contribution in [-0.2, 0) is 9.59 Å². The molecule has 0 saturated carbocycles. The molecule has 2 unspecified atom stereocenters. The lowest BCUT2D eigenvalue weighted by Gasteiger charge is -2.30. The summed E-state index contributed by atoms with van der Waals surface area (Å²) in [5, 5.41) is 0. The fourth-order valence-electron chi connectivity index (χ4n) is 4.63. The highest BCUT2D eigenvalue weighted by Gasteiger charge is 2.51. The first-order valence-corrected chi connectivity index (χ1v) is 11.8. The van der Waals surface area contributed by atoms with Crippen molar-refractivity contribution >= 4 is 17.5 Å². The Kier molecular flexibility index (Phi) is 8.51. The van der Waals surface area contributed by atoms with Crippen molar-refractivity contribution in [2.45, 2.75) is 26.8 Å². The number of likely N-dealkylation sites (N-methyl/N-ethyl adjacent to an activating group) is 1. The van der Waals surface area contributed by atoms with E-state index in [4.69, 9.17) is 14.2 Å². The molecule has 0 spiro atoms. The van der Waals surface area contributed by atoms with Gasteiger partial charge in [0.05, 0.1) is 27.4 Å². The molecule has 1 aliphatic heterocycles. The minimum Gasteiger partial charge on any atom is -0.497 e. The minimum atomic E-state index is -1.16. The SMILES string of the molecule is CCN(CC)CCN1C(=O)C(=O)C(C(=O)c2ccc(OC)cc2C)C1c1ccc(OC)c(OC)c1. The van der Waals surface area contributed by atoms with Crippen LogP contribution in [0.4, 0.5) is 0 Å². The van der Waals surface area contributed by atoms with Crippen molar-refractivity contribution in [2.75, 3.05) is 47.5 Å². The van der Waals surface area contributed by atoms with Gasteiger partial charge in [-0.1, -0.05) is 19.9 Å². The van der Waals surface area contributed by atoms with Crippen LogP contribution in [0.1, 0.15) is 41.4 Å². The van der Waals surface area contributed by atoms with E-state index in [0.29, 0.717) is 47.0 Å². The Labute approximate surface area is 206 Å². The van der Waals surface area contributed by atoms with E-state index in [2.05, 4.69) is 4.90 Å². The number of likely N-dealkylation sites (tertiary alicyclic amines) is 1. The number of aryl methyl sites for hydroxylation is 1. The largest absolute Gasteiger partial charge is 0.497 e. The van der Waals surface area contributed by atoms with Crippen molar-refractivity contribution in [1.29, 1.82) is 0 Å². The summed E-state index contributed by atoms with van der Waals surface area (Å²) in [6.07, 6.45) is 0. The fraction of sp³-hybridized carbons (Fsp3) is 0.444. The first-order chi connectivity index (χ1) is 16.8. The lowest BCUT2D eigenvalue weighted by atomic mass is 9.85. The fourth-order valence-corrected chi connectivity index (χ4v) is 4.63. The molecule has 2 atom stereocenters. The number of Topliss-reactive ketones (excluding diaryl/α,β-unsaturated/α-hetero) is 2. The molecule has 1 amide bonds. The molecule has 0 radical (unpaired) electrons. The minimum absolute atomic E-state index is 0.330. The molecule has 1 fully saturated rings. The normalized spacial score (nSPS) is 17.7. The van der Waals surface area contributed by atoms with Crippen molar-refractivity contribution in [3.05, 3.63) is 53.1 Å². The van der Waals surface area contributed by atoms with Crippen LogP contribution in [0.25, 0.3) is 0 Å². The third-order valence-electron chi connectivity index (χ3n) is 6.69. The molecule has 0 N–H and O–H groups in total. The number of ether oxygens (including phenoxy) is 3. The molecule has 1 saturated heterocycles. The predicted octanol–water partition coefficient (Wildman–Crippen LogP) is 3.31. The Hall–Kier alpha value is -3.39. The van der Waals surface area contributed by atoms with Crippen molar-refractivity contribution in [2.24, 2.45) is 5.92 Å². The van der Waals surface area contributed by atoms with Gasteiger partial charge in [-0.05, 0) is 61.5 Å². The van der Waals surface area contributed by atoms with Crippen molar-refractivity contribution in [1.82, 2.24) is 9.80 Å². The summed E-state index contributed by atoms with van der Waals surface area (Å²) in [6.45, 7) is 8.45. The highest BCUT2D eigenvalue weighted by molar-refractivity contribution is 6.44. The van der Waals surface area contributed by atoms with E-state index in [0.717, 1.165) is 13.1 Å². The number of hydrogen-bond acceptors (Lipinski definition) is 7. The molecule has 3 rings (SSSR count). The van der Waals surface area contributed by atoms with Crippen LogP contribution in [0.15, 0.2) is 36.4 Å². The number of carbonyl (C=O) groups excluding carboxylic acids is 3. The molecule has 2 aromatic rings. The van der Waals surface area contributed by atoms with Crippen LogP contribution in [0, 0.1) is 12.8 Å². The van der Waals surface area contributed by atoms with Gasteiger partial charge < -0.3 is 24.0 Å². The zero-order valence-corrected chi connectivity index (χ0v) is 21.3. The summed E-state index contributed by atoms with van der Waals surface area (Å²) in [5.41, 5.74) is 1.72. The summed E-state index contributed by atoms with van der Waals surface area (Å²) in [4.78, 5) is 44.0. The molecular weight excluding hydrogens is 448 g/mol. The van der Waals surface area contributed by atoms with Crippen LogP contribution in [-0.4, -0.2) is 74.8 Å². The molecule has 1 aliphatic rings. The first-order valence-electron chi connectivity index (χ1n) is 11.8. The van der Waals surface area contributed by atoms with Gasteiger partial charge in [0.2, 0.25) is 5.78 Å². The Morgan fingerprint density at radius 2 is 1.63 bits per heavy atom. The molecule has 1 heterocycles. The Morgan fingerprint density at radius 3 is 2.20 bits per heavy atom. The average molecular weight is 483 g/mol. The molecule has 35 heavy (non-hydrogen) atoms. The maximum atomic E-state index is 13.8. The lowest BCUT2D eigenvalue weighted by Crippen LogP contribution is -2.38. The van der Waals surface area contributed by atoms with Gasteiger partial charge in [-0.3, -0.25) is 14.4 Å². The first kappa shape index (κ1) is 26.2. The van der Waals surface area contributed by atoms with Gasteiger partial charge >= 0.3 is 0 Å². The zero-order valence-electron chi connectivity index (χ0n) is 21.3. The van der Waals surface area contributed by atoms with E-state index in [-0.39, 0.29) is 5.78 Å². The maximum Gasteiger partial charge on any atom is 0.291 e. The predicted molar refractivity (Wildman–Crippen MR) is 132 cm³/mol. The number of amides is 1. The summed E-state index contributed by atoms with van der Waals surface area (Å²) < 4.78 is 16.1. The number of benzene rings is 2. The molecule has 0 aliphatic carbocycles. The van der Waals surface area contributed by atoms with Crippen molar-refractivity contribution in [3.63, 3.8) is 0 Å². The topological polar surface area (TPSA) is 85.4 Å². The lowest BCUT2D eigenvalue weighted by molar-refractivity contribution is -0.140. The molecule has 8 nitrogen and oxygen atoms in total. The van der Waals surface area contributed by atoms with Crippen molar-refractivity contribution in [3.8, 4) is 17.2 Å². The van der Waals surface area contributed by atoms with Crippen molar-refractivity contribution < 1.29 is 28.6 Å². The molecule has 188 valence electrons. The summed E-state index contributed by atoms with van der Waals surface area (Å²) >= 11 is 0. The highest BCUT2D eigenvalue weighted by Crippen LogP contribution is 2.41. The van der Waals surface area contributed by atoms with Crippen LogP contribution < -0.4 is 14.2 Å². The number of hydrogen-bond donors (Lipinski definition) is 0. The number of nitrogens with zero attached hydrogens (tertiary/aromatic N) is 2. The number of methoxy groups -OCH3 is 3. The second kappa shape index (κ2) is 11.4. The second-order valence-corrected chi connectivity index (χ2v) is 8.47. The van der Waals surface area contributed by atoms with Gasteiger partial charge in [-0.15, -0.1) is 0 Å². The van der Waals surface area contributed by atoms with Crippen LogP contribution in [0.3, 0.4) is 0 Å². The zero-order chi connectivity index (χ0) is 25.7. The van der Waals surface area contributed by atoms with E-state index in [1.807, 2.05) is 13.8 Å². The van der Waals surface area contributed by atoms with Crippen LogP contribution >= 0.6 is 0 Å². The van der Waals surface area contributed by atoms with E-state index in [1.54, 1.807) is 50.4 Å². The van der Waals surface area contributed by atoms with E-state index in [9.17, 15) is 14.4 Å². The summed E-state index contributed by atoms with van der Waals surface area (Å²) in [6, 6.07) is 9.58. The molecule has 0 aromatic heterocycles. The van der Waals surface area contributed by atoms with Crippen LogP contribution in [0.5, 0.6) is 17.2 Å². The standard InChI is InChI=1S/C27H34N2O6/c1-7-28(8-2)13-14-29-24(18-9-12-21(34-5)22(16-18)35-6)23(26(31)27(29)32)25(30)20-11-10-19(33-4)15-17(20)3/h9-12,15-16,23-24H,7-8,13-14H2,1-6H3. The Morgan fingerprint density at radius 1 is 0.943 bits per heavy atom. The van der Waals surface area contributed by atoms with Gasteiger partial charge in [0, 0.05) is 18.7 Å². The highest BCUT2D eigenvalue weighted by atomic mass is 16.5. The maximum absolute atomic E-state index is 13.8. The van der Waals surface area contributed by atoms with Gasteiger partial charge in [0.1, 0.15) is 11.7 Å².